The van der Waals surface area contributed by atoms with Crippen molar-refractivity contribution < 1.29 is 14.7 Å². The highest BCUT2D eigenvalue weighted by Crippen LogP contribution is 2.11. The molecular formula is C18H26N4O3. The molecule has 2 heterocycles. The van der Waals surface area contributed by atoms with Gasteiger partial charge in [0.15, 0.2) is 0 Å². The lowest BCUT2D eigenvalue weighted by atomic mass is 10.2. The molecule has 1 aromatic rings. The number of nitrogens with zero attached hydrogens (tertiary/aromatic N) is 4. The maximum Gasteiger partial charge on any atom is 0.320 e. The maximum absolute atomic E-state index is 12.6. The van der Waals surface area contributed by atoms with E-state index in [0.29, 0.717) is 26.2 Å². The van der Waals surface area contributed by atoms with Gasteiger partial charge in [-0.15, -0.1) is 0 Å². The highest BCUT2D eigenvalue weighted by molar-refractivity contribution is 5.75. The Morgan fingerprint density at radius 1 is 0.800 bits per heavy atom. The molecule has 2 amide bonds. The number of benzene rings is 1. The summed E-state index contributed by atoms with van der Waals surface area (Å²) in [6.07, 6.45) is 0. The van der Waals surface area contributed by atoms with Crippen LogP contribution in [0.4, 0.5) is 4.79 Å². The zero-order valence-corrected chi connectivity index (χ0v) is 14.5. The first kappa shape index (κ1) is 17.7. The van der Waals surface area contributed by atoms with Gasteiger partial charge in [0, 0.05) is 58.9 Å². The molecule has 0 radical (unpaired) electrons. The number of amides is 2. The fourth-order valence-electron chi connectivity index (χ4n) is 3.43. The Morgan fingerprint density at radius 3 is 1.84 bits per heavy atom. The zero-order chi connectivity index (χ0) is 17.6. The number of urea groups is 1. The van der Waals surface area contributed by atoms with E-state index in [1.54, 1.807) is 0 Å². The van der Waals surface area contributed by atoms with Crippen LogP contribution in [0.2, 0.25) is 0 Å². The number of rotatable bonds is 4. The summed E-state index contributed by atoms with van der Waals surface area (Å²) < 4.78 is 0. The Labute approximate surface area is 148 Å². The first-order valence-electron chi connectivity index (χ1n) is 8.86. The third-order valence-corrected chi connectivity index (χ3v) is 4.89. The molecule has 2 saturated heterocycles. The summed E-state index contributed by atoms with van der Waals surface area (Å²) >= 11 is 0. The first-order valence-corrected chi connectivity index (χ1v) is 8.86. The molecule has 0 unspecified atom stereocenters. The van der Waals surface area contributed by atoms with E-state index in [2.05, 4.69) is 29.2 Å². The van der Waals surface area contributed by atoms with Crippen molar-refractivity contribution >= 4 is 12.0 Å². The summed E-state index contributed by atoms with van der Waals surface area (Å²) in [5.41, 5.74) is 1.30. The molecule has 0 saturated carbocycles. The van der Waals surface area contributed by atoms with Crippen molar-refractivity contribution in [2.24, 2.45) is 0 Å². The lowest BCUT2D eigenvalue weighted by Gasteiger charge is -2.40. The van der Waals surface area contributed by atoms with Crippen molar-refractivity contribution in [3.63, 3.8) is 0 Å². The number of hydrogen-bond acceptors (Lipinski definition) is 4. The van der Waals surface area contributed by atoms with Crippen LogP contribution in [0.3, 0.4) is 0 Å². The largest absolute Gasteiger partial charge is 0.480 e. The van der Waals surface area contributed by atoms with Gasteiger partial charge in [0.1, 0.15) is 0 Å². The van der Waals surface area contributed by atoms with Crippen molar-refractivity contribution in [3.05, 3.63) is 35.9 Å². The number of carboxylic acid groups (broad SMARTS) is 1. The highest BCUT2D eigenvalue weighted by Gasteiger charge is 2.28. The molecule has 0 spiro atoms. The van der Waals surface area contributed by atoms with Crippen LogP contribution in [0, 0.1) is 0 Å². The van der Waals surface area contributed by atoms with E-state index in [1.165, 1.54) is 5.56 Å². The third-order valence-electron chi connectivity index (χ3n) is 4.89. The van der Waals surface area contributed by atoms with Gasteiger partial charge in [-0.05, 0) is 5.56 Å². The quantitative estimate of drug-likeness (QED) is 0.866. The molecule has 0 atom stereocenters. The fourth-order valence-corrected chi connectivity index (χ4v) is 3.43. The number of carbonyl (C=O) groups is 2. The van der Waals surface area contributed by atoms with Gasteiger partial charge >= 0.3 is 12.0 Å². The second-order valence-corrected chi connectivity index (χ2v) is 6.69. The molecule has 3 rings (SSSR count). The molecule has 7 nitrogen and oxygen atoms in total. The van der Waals surface area contributed by atoms with Crippen LogP contribution in [-0.4, -0.2) is 95.6 Å². The van der Waals surface area contributed by atoms with E-state index in [0.717, 1.165) is 32.7 Å². The van der Waals surface area contributed by atoms with Crippen molar-refractivity contribution in [1.29, 1.82) is 0 Å². The Balaban J connectivity index is 1.42. The molecule has 2 aliphatic heterocycles. The van der Waals surface area contributed by atoms with Crippen molar-refractivity contribution in [2.75, 3.05) is 58.9 Å². The monoisotopic (exact) mass is 346 g/mol. The fraction of sp³-hybridized carbons (Fsp3) is 0.556. The molecule has 25 heavy (non-hydrogen) atoms. The molecule has 0 aromatic heterocycles. The van der Waals surface area contributed by atoms with Gasteiger partial charge in [0.2, 0.25) is 0 Å². The Kier molecular flexibility index (Phi) is 5.88. The Bertz CT molecular complexity index is 579. The lowest BCUT2D eigenvalue weighted by molar-refractivity contribution is -0.138. The lowest BCUT2D eigenvalue weighted by Crippen LogP contribution is -2.57. The molecule has 136 valence electrons. The maximum atomic E-state index is 12.6. The summed E-state index contributed by atoms with van der Waals surface area (Å²) in [7, 11) is 0. The van der Waals surface area contributed by atoms with E-state index < -0.39 is 5.97 Å². The molecule has 1 aromatic carbocycles. The minimum atomic E-state index is -0.811. The molecule has 7 heteroatoms. The summed E-state index contributed by atoms with van der Waals surface area (Å²) in [5.74, 6) is -0.811. The van der Waals surface area contributed by atoms with E-state index >= 15 is 0 Å². The zero-order valence-electron chi connectivity index (χ0n) is 14.5. The van der Waals surface area contributed by atoms with Crippen LogP contribution in [-0.2, 0) is 11.3 Å². The highest BCUT2D eigenvalue weighted by atomic mass is 16.4. The second kappa shape index (κ2) is 8.31. The van der Waals surface area contributed by atoms with Crippen LogP contribution in [0.1, 0.15) is 5.56 Å². The van der Waals surface area contributed by atoms with Gasteiger partial charge in [-0.2, -0.15) is 0 Å². The molecule has 2 aliphatic rings. The van der Waals surface area contributed by atoms with Crippen LogP contribution in [0.25, 0.3) is 0 Å². The van der Waals surface area contributed by atoms with E-state index in [-0.39, 0.29) is 12.6 Å². The van der Waals surface area contributed by atoms with Gasteiger partial charge in [0.25, 0.3) is 0 Å². The number of carboxylic acids is 1. The number of aliphatic carboxylic acids is 1. The average Bonchev–Trinajstić information content (AvgIpc) is 2.63. The minimum Gasteiger partial charge on any atom is -0.480 e. The van der Waals surface area contributed by atoms with Gasteiger partial charge in [-0.25, -0.2) is 4.79 Å². The Hall–Kier alpha value is -2.12. The topological polar surface area (TPSA) is 67.3 Å². The van der Waals surface area contributed by atoms with Crippen molar-refractivity contribution in [2.45, 2.75) is 6.54 Å². The number of carbonyl (C=O) groups excluding carboxylic acids is 1. The molecule has 2 fully saturated rings. The molecular weight excluding hydrogens is 320 g/mol. The van der Waals surface area contributed by atoms with E-state index in [9.17, 15) is 9.59 Å². The van der Waals surface area contributed by atoms with Crippen molar-refractivity contribution in [3.8, 4) is 0 Å². The predicted octanol–water partition coefficient (Wildman–Crippen LogP) is 0.626. The summed E-state index contributed by atoms with van der Waals surface area (Å²) in [6, 6.07) is 10.5. The van der Waals surface area contributed by atoms with Gasteiger partial charge < -0.3 is 14.9 Å². The van der Waals surface area contributed by atoms with Crippen molar-refractivity contribution in [1.82, 2.24) is 19.6 Å². The molecule has 0 aliphatic carbocycles. The van der Waals surface area contributed by atoms with Gasteiger partial charge in [0.05, 0.1) is 6.54 Å². The SMILES string of the molecule is O=C(O)CN1CCN(C(=O)N2CCN(Cc3ccccc3)CC2)CC1. The van der Waals surface area contributed by atoms with Crippen LogP contribution >= 0.6 is 0 Å². The van der Waals surface area contributed by atoms with Gasteiger partial charge in [-0.1, -0.05) is 30.3 Å². The molecule has 1 N–H and O–H groups in total. The van der Waals surface area contributed by atoms with Crippen LogP contribution in [0.5, 0.6) is 0 Å². The summed E-state index contributed by atoms with van der Waals surface area (Å²) in [5, 5.41) is 8.84. The smallest absolute Gasteiger partial charge is 0.320 e. The van der Waals surface area contributed by atoms with Crippen LogP contribution < -0.4 is 0 Å². The van der Waals surface area contributed by atoms with E-state index in [1.807, 2.05) is 20.8 Å². The Morgan fingerprint density at radius 2 is 1.32 bits per heavy atom. The number of piperazine rings is 2. The van der Waals surface area contributed by atoms with E-state index in [4.69, 9.17) is 5.11 Å². The third kappa shape index (κ3) is 4.93. The van der Waals surface area contributed by atoms with Gasteiger partial charge in [-0.3, -0.25) is 14.6 Å². The second-order valence-electron chi connectivity index (χ2n) is 6.69. The standard InChI is InChI=1S/C18H26N4O3/c23-17(24)15-20-8-12-22(13-9-20)18(25)21-10-6-19(7-11-21)14-16-4-2-1-3-5-16/h1-5H,6-15H2,(H,23,24). The normalized spacial score (nSPS) is 19.8. The summed E-state index contributed by atoms with van der Waals surface area (Å²) in [4.78, 5) is 31.4. The minimum absolute atomic E-state index is 0.0557. The van der Waals surface area contributed by atoms with Crippen LogP contribution in [0.15, 0.2) is 30.3 Å². The first-order chi connectivity index (χ1) is 12.1. The predicted molar refractivity (Wildman–Crippen MR) is 94.3 cm³/mol. The molecule has 0 bridgehead atoms. The average molecular weight is 346 g/mol. The summed E-state index contributed by atoms with van der Waals surface area (Å²) in [6.45, 7) is 6.74. The number of hydrogen-bond donors (Lipinski definition) is 1.